The smallest absolute Gasteiger partial charge is 0.261 e. The molecule has 0 spiro atoms. The lowest BCUT2D eigenvalue weighted by Gasteiger charge is -2.25. The first kappa shape index (κ1) is 18.8. The Morgan fingerprint density at radius 3 is 2.62 bits per heavy atom. The number of sulfonamides is 1. The van der Waals surface area contributed by atoms with Gasteiger partial charge in [0.15, 0.2) is 5.13 Å². The minimum absolute atomic E-state index is 0.330. The van der Waals surface area contributed by atoms with Gasteiger partial charge in [-0.3, -0.25) is 4.72 Å². The number of nitrogens with zero attached hydrogens (tertiary/aromatic N) is 2. The van der Waals surface area contributed by atoms with E-state index in [1.807, 2.05) is 24.3 Å². The molecule has 0 radical (unpaired) electrons. The highest BCUT2D eigenvalue weighted by Crippen LogP contribution is 2.32. The van der Waals surface area contributed by atoms with Crippen LogP contribution in [0.25, 0.3) is 10.2 Å². The highest BCUT2D eigenvalue weighted by molar-refractivity contribution is 7.92. The summed E-state index contributed by atoms with van der Waals surface area (Å²) in [4.78, 5) is 7.24. The van der Waals surface area contributed by atoms with Crippen molar-refractivity contribution < 1.29 is 13.2 Å². The Morgan fingerprint density at radius 2 is 1.79 bits per heavy atom. The summed E-state index contributed by atoms with van der Waals surface area (Å²) in [5.74, 6) is 0. The highest BCUT2D eigenvalue weighted by Gasteiger charge is 2.19. The number of anilines is 2. The zero-order chi connectivity index (χ0) is 19.8. The van der Waals surface area contributed by atoms with Gasteiger partial charge >= 0.3 is 0 Å². The normalized spacial score (nSPS) is 17.3. The van der Waals surface area contributed by atoms with Gasteiger partial charge < -0.3 is 9.64 Å². The van der Waals surface area contributed by atoms with E-state index in [-0.39, 0.29) is 0 Å². The lowest BCUT2D eigenvalue weighted by atomic mass is 9.92. The second-order valence-electron chi connectivity index (χ2n) is 7.52. The van der Waals surface area contributed by atoms with Crippen LogP contribution in [0.1, 0.15) is 24.0 Å². The van der Waals surface area contributed by atoms with Crippen LogP contribution in [0.4, 0.5) is 10.8 Å². The molecule has 2 aromatic carbocycles. The monoisotopic (exact) mass is 429 g/mol. The van der Waals surface area contributed by atoms with E-state index in [2.05, 4.69) is 9.62 Å². The molecule has 152 valence electrons. The molecule has 1 aromatic heterocycles. The third kappa shape index (κ3) is 3.84. The molecule has 1 aliphatic heterocycles. The lowest BCUT2D eigenvalue weighted by Crippen LogP contribution is -2.36. The van der Waals surface area contributed by atoms with Gasteiger partial charge in [0.25, 0.3) is 10.0 Å². The molecule has 3 aromatic rings. The maximum Gasteiger partial charge on any atom is 0.261 e. The Balaban J connectivity index is 1.40. The molecule has 2 heterocycles. The van der Waals surface area contributed by atoms with Crippen molar-refractivity contribution in [3.05, 3.63) is 47.5 Å². The van der Waals surface area contributed by atoms with Crippen molar-refractivity contribution in [1.29, 1.82) is 0 Å². The first-order chi connectivity index (χ1) is 14.1. The quantitative estimate of drug-likeness (QED) is 0.683. The fraction of sp³-hybridized carbons (Fsp3) is 0.381. The Labute approximate surface area is 174 Å². The molecule has 6 nitrogen and oxygen atoms in total. The van der Waals surface area contributed by atoms with E-state index in [1.165, 1.54) is 12.0 Å². The Bertz CT molecular complexity index is 1150. The lowest BCUT2D eigenvalue weighted by molar-refractivity contribution is 0.122. The number of thiazole rings is 1. The van der Waals surface area contributed by atoms with Gasteiger partial charge in [0.05, 0.1) is 34.0 Å². The molecule has 2 aliphatic rings. The second kappa shape index (κ2) is 7.59. The van der Waals surface area contributed by atoms with E-state index in [1.54, 1.807) is 23.5 Å². The van der Waals surface area contributed by atoms with Gasteiger partial charge in [0.2, 0.25) is 0 Å². The van der Waals surface area contributed by atoms with E-state index in [0.29, 0.717) is 23.8 Å². The van der Waals surface area contributed by atoms with Gasteiger partial charge in [-0.1, -0.05) is 17.4 Å². The SMILES string of the molecule is O=S(=O)(Nc1ccc2nc(N3CCOCC3)sc2c1)c1ccc2c(c1)CCCC2. The first-order valence-electron chi connectivity index (χ1n) is 9.96. The molecule has 29 heavy (non-hydrogen) atoms. The number of nitrogens with one attached hydrogen (secondary N) is 1. The summed E-state index contributed by atoms with van der Waals surface area (Å²) in [5.41, 5.74) is 3.88. The predicted molar refractivity (Wildman–Crippen MR) is 117 cm³/mol. The van der Waals surface area contributed by atoms with Crippen LogP contribution in [0.2, 0.25) is 0 Å². The number of ether oxygens (including phenoxy) is 1. The van der Waals surface area contributed by atoms with Crippen LogP contribution in [-0.4, -0.2) is 39.7 Å². The number of hydrogen-bond acceptors (Lipinski definition) is 6. The number of aryl methyl sites for hydroxylation is 2. The summed E-state index contributed by atoms with van der Waals surface area (Å²) >= 11 is 1.58. The summed E-state index contributed by atoms with van der Waals surface area (Å²) in [6.07, 6.45) is 4.29. The number of hydrogen-bond donors (Lipinski definition) is 1. The molecule has 1 aliphatic carbocycles. The average molecular weight is 430 g/mol. The van der Waals surface area contributed by atoms with Crippen LogP contribution in [0.5, 0.6) is 0 Å². The predicted octanol–water partition coefficient (Wildman–Crippen LogP) is 3.81. The topological polar surface area (TPSA) is 71.5 Å². The largest absolute Gasteiger partial charge is 0.378 e. The summed E-state index contributed by atoms with van der Waals surface area (Å²) in [5, 5.41) is 0.956. The molecular formula is C21H23N3O3S2. The number of fused-ring (bicyclic) bond motifs is 2. The van der Waals surface area contributed by atoms with E-state index < -0.39 is 10.0 Å². The maximum absolute atomic E-state index is 12.9. The van der Waals surface area contributed by atoms with E-state index in [4.69, 9.17) is 9.72 Å². The molecule has 0 bridgehead atoms. The third-order valence-electron chi connectivity index (χ3n) is 5.54. The van der Waals surface area contributed by atoms with Gasteiger partial charge in [-0.05, 0) is 67.1 Å². The molecule has 1 N–H and O–H groups in total. The Morgan fingerprint density at radius 1 is 1.00 bits per heavy atom. The van der Waals surface area contributed by atoms with Crippen molar-refractivity contribution in [1.82, 2.24) is 4.98 Å². The van der Waals surface area contributed by atoms with Crippen molar-refractivity contribution in [2.45, 2.75) is 30.6 Å². The first-order valence-corrected chi connectivity index (χ1v) is 12.3. The van der Waals surface area contributed by atoms with E-state index >= 15 is 0 Å². The van der Waals surface area contributed by atoms with Gasteiger partial charge in [-0.15, -0.1) is 0 Å². The molecule has 8 heteroatoms. The van der Waals surface area contributed by atoms with Crippen molar-refractivity contribution in [2.24, 2.45) is 0 Å². The zero-order valence-electron chi connectivity index (χ0n) is 16.1. The molecule has 1 saturated heterocycles. The average Bonchev–Trinajstić information content (AvgIpc) is 3.17. The fourth-order valence-electron chi connectivity index (χ4n) is 3.96. The summed E-state index contributed by atoms with van der Waals surface area (Å²) in [6, 6.07) is 11.0. The number of rotatable bonds is 4. The van der Waals surface area contributed by atoms with Gasteiger partial charge in [-0.25, -0.2) is 13.4 Å². The van der Waals surface area contributed by atoms with Crippen molar-refractivity contribution in [3.8, 4) is 0 Å². The van der Waals surface area contributed by atoms with Crippen molar-refractivity contribution in [2.75, 3.05) is 35.9 Å². The fourth-order valence-corrected chi connectivity index (χ4v) is 6.11. The highest BCUT2D eigenvalue weighted by atomic mass is 32.2. The van der Waals surface area contributed by atoms with Crippen LogP contribution in [0.15, 0.2) is 41.3 Å². The van der Waals surface area contributed by atoms with Crippen LogP contribution in [0, 0.1) is 0 Å². The van der Waals surface area contributed by atoms with Crippen molar-refractivity contribution in [3.63, 3.8) is 0 Å². The standard InChI is InChI=1S/C21H23N3O3S2/c25-29(26,18-7-5-15-3-1-2-4-16(15)13-18)23-17-6-8-19-20(14-17)28-21(22-19)24-9-11-27-12-10-24/h5-8,13-14,23H,1-4,9-12H2. The molecular weight excluding hydrogens is 406 g/mol. The van der Waals surface area contributed by atoms with Crippen molar-refractivity contribution >= 4 is 42.4 Å². The Kier molecular flexibility index (Phi) is 4.93. The van der Waals surface area contributed by atoms with E-state index in [0.717, 1.165) is 53.3 Å². The van der Waals surface area contributed by atoms with Crippen LogP contribution in [-0.2, 0) is 27.6 Å². The third-order valence-corrected chi connectivity index (χ3v) is 8.00. The molecule has 1 fully saturated rings. The number of benzene rings is 2. The second-order valence-corrected chi connectivity index (χ2v) is 10.2. The summed E-state index contributed by atoms with van der Waals surface area (Å²) < 4.78 is 35.0. The molecule has 0 atom stereocenters. The molecule has 5 rings (SSSR count). The zero-order valence-corrected chi connectivity index (χ0v) is 17.7. The van der Waals surface area contributed by atoms with Crippen LogP contribution < -0.4 is 9.62 Å². The summed E-state index contributed by atoms with van der Waals surface area (Å²) in [6.45, 7) is 3.08. The summed E-state index contributed by atoms with van der Waals surface area (Å²) in [7, 11) is -3.62. The van der Waals surface area contributed by atoms with Gasteiger partial charge in [-0.2, -0.15) is 0 Å². The number of aromatic nitrogens is 1. The molecule has 0 unspecified atom stereocenters. The van der Waals surface area contributed by atoms with Crippen LogP contribution in [0.3, 0.4) is 0 Å². The maximum atomic E-state index is 12.9. The van der Waals surface area contributed by atoms with Gasteiger partial charge in [0, 0.05) is 13.1 Å². The van der Waals surface area contributed by atoms with Gasteiger partial charge in [0.1, 0.15) is 0 Å². The van der Waals surface area contributed by atoms with E-state index in [9.17, 15) is 8.42 Å². The Hall–Kier alpha value is -2.16. The van der Waals surface area contributed by atoms with Crippen LogP contribution >= 0.6 is 11.3 Å². The molecule has 0 amide bonds. The minimum Gasteiger partial charge on any atom is -0.378 e. The molecule has 0 saturated carbocycles. The minimum atomic E-state index is -3.62. The number of morpholine rings is 1.